The Balaban J connectivity index is 1.28. The minimum Gasteiger partial charge on any atom is -0.457 e. The zero-order chi connectivity index (χ0) is 36.9. The topological polar surface area (TPSA) is 44.9 Å². The molecule has 5 heteroatoms. The summed E-state index contributed by atoms with van der Waals surface area (Å²) in [6.45, 7) is 23.0. The van der Waals surface area contributed by atoms with Crippen LogP contribution in [0.3, 0.4) is 0 Å². The summed E-state index contributed by atoms with van der Waals surface area (Å²) in [4.78, 5) is 4.86. The number of allylic oxidation sites excluding steroid dienone is 2. The predicted molar refractivity (Wildman–Crippen MR) is 218 cm³/mol. The normalized spacial score (nSPS) is 18.1. The van der Waals surface area contributed by atoms with E-state index in [0.29, 0.717) is 23.7 Å². The molecule has 0 amide bonds. The van der Waals surface area contributed by atoms with Crippen LogP contribution in [-0.4, -0.2) is 19.3 Å². The number of rotatable bonds is 9. The summed E-state index contributed by atoms with van der Waals surface area (Å²) in [7, 11) is 0. The van der Waals surface area contributed by atoms with Gasteiger partial charge in [-0.1, -0.05) is 84.7 Å². The molecule has 3 aromatic carbocycles. The van der Waals surface area contributed by atoms with Gasteiger partial charge >= 0.3 is 0 Å². The van der Waals surface area contributed by atoms with Crippen LogP contribution in [0.2, 0.25) is 0 Å². The second kappa shape index (κ2) is 14.1. The van der Waals surface area contributed by atoms with Gasteiger partial charge in [0.25, 0.3) is 0 Å². The summed E-state index contributed by atoms with van der Waals surface area (Å²) < 4.78 is 11.2. The Bertz CT molecular complexity index is 2280. The number of aromatic nitrogens is 4. The highest BCUT2D eigenvalue weighted by molar-refractivity contribution is 6.09. The average Bonchev–Trinajstić information content (AvgIpc) is 3.59. The molecule has 1 aliphatic rings. The zero-order valence-corrected chi connectivity index (χ0v) is 32.9. The van der Waals surface area contributed by atoms with Crippen molar-refractivity contribution in [2.45, 2.75) is 107 Å². The van der Waals surface area contributed by atoms with Crippen LogP contribution in [0.1, 0.15) is 115 Å². The molecule has 3 atom stereocenters. The van der Waals surface area contributed by atoms with Crippen LogP contribution in [0, 0.1) is 31.1 Å². The summed E-state index contributed by atoms with van der Waals surface area (Å²) in [5.74, 6) is 4.38. The van der Waals surface area contributed by atoms with E-state index in [4.69, 9.17) is 14.8 Å². The molecular formula is C47H56N4O. The highest BCUT2D eigenvalue weighted by Crippen LogP contribution is 2.47. The van der Waals surface area contributed by atoms with Gasteiger partial charge in [-0.25, -0.2) is 9.67 Å². The molecule has 3 heterocycles. The molecule has 0 bridgehead atoms. The van der Waals surface area contributed by atoms with Crippen molar-refractivity contribution in [2.75, 3.05) is 0 Å². The maximum atomic E-state index is 6.79. The van der Waals surface area contributed by atoms with Gasteiger partial charge in [0.1, 0.15) is 17.3 Å². The summed E-state index contributed by atoms with van der Waals surface area (Å²) in [5, 5.41) is 7.60. The Hall–Kier alpha value is -4.64. The number of fused-ring (bicyclic) bond motifs is 3. The van der Waals surface area contributed by atoms with Gasteiger partial charge in [-0.3, -0.25) is 4.57 Å². The Kier molecular flexibility index (Phi) is 9.67. The lowest BCUT2D eigenvalue weighted by molar-refractivity contribution is 0.224. The zero-order valence-electron chi connectivity index (χ0n) is 32.9. The lowest BCUT2D eigenvalue weighted by Gasteiger charge is -2.39. The standard InChI is InChI=1S/C47H56N4O/c1-11-12-15-34-20-21-48-44(24-34)50-42-17-14-13-16-40(42)41-19-18-38(28-43(41)50)52-39-26-35(29(2)3)25-37(27-39)51-33(7)46(32(6)49-51)45-30(4)22-36(23-31(45)5)47(8,9)10/h13-14,16-22,24-29,31,36,45H,11-12,15,23H2,1-10H3/t31-,36-,45?/m0/s1. The van der Waals surface area contributed by atoms with Crippen molar-refractivity contribution in [1.29, 1.82) is 0 Å². The van der Waals surface area contributed by atoms with Gasteiger partial charge in [0.05, 0.1) is 22.4 Å². The van der Waals surface area contributed by atoms with Crippen molar-refractivity contribution >= 4 is 21.8 Å². The molecule has 7 rings (SSSR count). The first-order valence-electron chi connectivity index (χ1n) is 19.4. The SMILES string of the molecule is CCCCc1ccnc(-n2c3ccccc3c3ccc(Oc4cc(C(C)C)cc(-n5nc(C)c(C6C(C)=C[C@H](C(C)(C)C)C[C@@H]6C)c5C)c4)cc32)c1. The van der Waals surface area contributed by atoms with Crippen LogP contribution >= 0.6 is 0 Å². The molecule has 1 aliphatic carbocycles. The minimum atomic E-state index is 0.264. The fourth-order valence-corrected chi connectivity index (χ4v) is 8.58. The fourth-order valence-electron chi connectivity index (χ4n) is 8.58. The molecule has 3 aromatic heterocycles. The maximum absolute atomic E-state index is 6.79. The van der Waals surface area contributed by atoms with E-state index in [2.05, 4.69) is 157 Å². The summed E-state index contributed by atoms with van der Waals surface area (Å²) in [6, 6.07) is 26.1. The van der Waals surface area contributed by atoms with Gasteiger partial charge < -0.3 is 4.74 Å². The monoisotopic (exact) mass is 692 g/mol. The van der Waals surface area contributed by atoms with Gasteiger partial charge in [0.2, 0.25) is 0 Å². The van der Waals surface area contributed by atoms with Gasteiger partial charge in [0, 0.05) is 46.3 Å². The molecular weight excluding hydrogens is 637 g/mol. The summed E-state index contributed by atoms with van der Waals surface area (Å²) in [5.41, 5.74) is 11.2. The lowest BCUT2D eigenvalue weighted by Crippen LogP contribution is -2.28. The van der Waals surface area contributed by atoms with E-state index >= 15 is 0 Å². The quantitative estimate of drug-likeness (QED) is 0.142. The Morgan fingerprint density at radius 3 is 2.38 bits per heavy atom. The van der Waals surface area contributed by atoms with E-state index < -0.39 is 0 Å². The summed E-state index contributed by atoms with van der Waals surface area (Å²) >= 11 is 0. The van der Waals surface area contributed by atoms with E-state index in [1.807, 2.05) is 6.20 Å². The number of ether oxygens (including phenoxy) is 1. The Morgan fingerprint density at radius 1 is 0.885 bits per heavy atom. The van der Waals surface area contributed by atoms with Gasteiger partial charge in [-0.05, 0) is 117 Å². The number of aryl methyl sites for hydroxylation is 2. The number of para-hydroxylation sites is 1. The van der Waals surface area contributed by atoms with Crippen molar-refractivity contribution in [2.24, 2.45) is 17.3 Å². The van der Waals surface area contributed by atoms with E-state index in [1.165, 1.54) is 58.0 Å². The number of pyridine rings is 1. The second-order valence-electron chi connectivity index (χ2n) is 16.7. The largest absolute Gasteiger partial charge is 0.457 e. The van der Waals surface area contributed by atoms with E-state index in [9.17, 15) is 0 Å². The van der Waals surface area contributed by atoms with Gasteiger partial charge in [-0.2, -0.15) is 5.10 Å². The molecule has 0 saturated carbocycles. The van der Waals surface area contributed by atoms with Crippen LogP contribution in [0.5, 0.6) is 11.5 Å². The third-order valence-electron chi connectivity index (χ3n) is 11.5. The lowest BCUT2D eigenvalue weighted by atomic mass is 9.65. The van der Waals surface area contributed by atoms with Crippen molar-refractivity contribution in [3.63, 3.8) is 0 Å². The maximum Gasteiger partial charge on any atom is 0.137 e. The van der Waals surface area contributed by atoms with Crippen LogP contribution < -0.4 is 4.74 Å². The van der Waals surface area contributed by atoms with Crippen molar-refractivity contribution < 1.29 is 4.74 Å². The van der Waals surface area contributed by atoms with Crippen LogP contribution in [0.25, 0.3) is 33.3 Å². The number of hydrogen-bond acceptors (Lipinski definition) is 3. The highest BCUT2D eigenvalue weighted by atomic mass is 16.5. The first-order chi connectivity index (χ1) is 24.8. The molecule has 0 radical (unpaired) electrons. The molecule has 1 unspecified atom stereocenters. The third-order valence-corrected chi connectivity index (χ3v) is 11.5. The molecule has 6 aromatic rings. The number of nitrogens with zero attached hydrogens (tertiary/aromatic N) is 4. The van der Waals surface area contributed by atoms with E-state index in [-0.39, 0.29) is 5.41 Å². The number of hydrogen-bond donors (Lipinski definition) is 0. The molecule has 0 N–H and O–H groups in total. The number of unbranched alkanes of at least 4 members (excludes halogenated alkanes) is 1. The molecule has 0 spiro atoms. The first-order valence-corrected chi connectivity index (χ1v) is 19.4. The number of benzene rings is 3. The van der Waals surface area contributed by atoms with Crippen molar-refractivity contribution in [1.82, 2.24) is 19.3 Å². The van der Waals surface area contributed by atoms with Crippen LogP contribution in [0.4, 0.5) is 0 Å². The van der Waals surface area contributed by atoms with E-state index in [0.717, 1.165) is 46.2 Å². The highest BCUT2D eigenvalue weighted by Gasteiger charge is 2.36. The fraction of sp³-hybridized carbons (Fsp3) is 0.404. The predicted octanol–water partition coefficient (Wildman–Crippen LogP) is 13.0. The van der Waals surface area contributed by atoms with E-state index in [1.54, 1.807) is 0 Å². The Labute approximate surface area is 310 Å². The minimum absolute atomic E-state index is 0.264. The molecule has 52 heavy (non-hydrogen) atoms. The molecule has 5 nitrogen and oxygen atoms in total. The third kappa shape index (κ3) is 6.71. The first kappa shape index (κ1) is 35.7. The molecule has 0 aliphatic heterocycles. The van der Waals surface area contributed by atoms with Crippen LogP contribution in [0.15, 0.2) is 90.6 Å². The van der Waals surface area contributed by atoms with Crippen molar-refractivity contribution in [3.05, 3.63) is 119 Å². The molecule has 270 valence electrons. The Morgan fingerprint density at radius 2 is 1.65 bits per heavy atom. The van der Waals surface area contributed by atoms with Crippen LogP contribution in [-0.2, 0) is 6.42 Å². The smallest absolute Gasteiger partial charge is 0.137 e. The van der Waals surface area contributed by atoms with Crippen molar-refractivity contribution in [3.8, 4) is 23.0 Å². The van der Waals surface area contributed by atoms with Gasteiger partial charge in [-0.15, -0.1) is 0 Å². The molecule has 0 saturated heterocycles. The van der Waals surface area contributed by atoms with Gasteiger partial charge in [0.15, 0.2) is 0 Å². The second-order valence-corrected chi connectivity index (χ2v) is 16.7. The summed E-state index contributed by atoms with van der Waals surface area (Å²) in [6.07, 6.45) is 9.07. The molecule has 0 fully saturated rings. The average molecular weight is 693 g/mol.